The van der Waals surface area contributed by atoms with Gasteiger partial charge in [-0.25, -0.2) is 18.4 Å². The molecule has 9 rings (SSSR count). The van der Waals surface area contributed by atoms with E-state index in [-0.39, 0.29) is 55.2 Å². The van der Waals surface area contributed by atoms with Crippen LogP contribution in [-0.2, 0) is 60.7 Å². The summed E-state index contributed by atoms with van der Waals surface area (Å²) >= 11 is -0.472. The third-order valence-electron chi connectivity index (χ3n) is 11.1. The number of nitriles is 1. The van der Waals surface area contributed by atoms with Gasteiger partial charge in [-0.15, -0.1) is 12.1 Å². The van der Waals surface area contributed by atoms with Gasteiger partial charge in [0.25, 0.3) is 0 Å². The molecule has 0 N–H and O–H groups in total. The van der Waals surface area contributed by atoms with Crippen LogP contribution >= 0.6 is 18.8 Å². The molecule has 0 saturated carbocycles. The molecule has 0 amide bonds. The quantitative estimate of drug-likeness (QED) is 0.0827. The summed E-state index contributed by atoms with van der Waals surface area (Å²) in [5.41, 5.74) is 1.05. The molecule has 0 spiro atoms. The van der Waals surface area contributed by atoms with Gasteiger partial charge in [0.1, 0.15) is 11.9 Å². The van der Waals surface area contributed by atoms with Crippen LogP contribution in [0.4, 0.5) is 43.9 Å². The molecular formula is C53H39Cl2F10N11Pt2. The molecule has 0 aliphatic carbocycles. The van der Waals surface area contributed by atoms with Crippen molar-refractivity contribution in [2.45, 2.75) is 64.7 Å². The zero-order chi connectivity index (χ0) is 56.5. The molecule has 0 saturated heterocycles. The fraction of sp³-hybridized carbons (Fsp3) is 0.189. The number of hydrogen-bond acceptors (Lipinski definition) is 9. The second kappa shape index (κ2) is 26.3. The van der Waals surface area contributed by atoms with Crippen LogP contribution in [0.5, 0.6) is 0 Å². The molecule has 8 aromatic heterocycles. The molecule has 0 aliphatic heterocycles. The second-order valence-corrected chi connectivity index (χ2v) is 20.7. The Morgan fingerprint density at radius 1 is 0.551 bits per heavy atom. The Kier molecular flexibility index (Phi) is 20.9. The van der Waals surface area contributed by atoms with Gasteiger partial charge in [0.05, 0.1) is 45.8 Å². The van der Waals surface area contributed by atoms with E-state index in [0.29, 0.717) is 28.3 Å². The molecule has 0 bridgehead atoms. The first-order chi connectivity index (χ1) is 36.2. The Balaban J connectivity index is 0.000000238. The van der Waals surface area contributed by atoms with Gasteiger partial charge in [-0.05, 0) is 120 Å². The number of nitrogens with zero attached hydrogens (tertiary/aromatic N) is 11. The van der Waals surface area contributed by atoms with Crippen molar-refractivity contribution in [1.29, 1.82) is 5.26 Å². The molecule has 410 valence electrons. The molecule has 0 atom stereocenters. The van der Waals surface area contributed by atoms with Gasteiger partial charge in [-0.3, -0.25) is 20.1 Å². The second-order valence-electron chi connectivity index (χ2n) is 17.4. The first-order valence-electron chi connectivity index (χ1n) is 22.2. The number of pyridine rings is 6. The summed E-state index contributed by atoms with van der Waals surface area (Å²) in [6, 6.07) is 35.2. The summed E-state index contributed by atoms with van der Waals surface area (Å²) in [6.45, 7) is 10.9. The van der Waals surface area contributed by atoms with Crippen LogP contribution in [0.2, 0.25) is 0 Å². The smallest absolute Gasteiger partial charge is 2.00 e. The van der Waals surface area contributed by atoms with Crippen molar-refractivity contribution in [3.63, 3.8) is 0 Å². The summed E-state index contributed by atoms with van der Waals surface area (Å²) in [4.78, 5) is 24.5. The largest absolute Gasteiger partial charge is 2.00 e. The van der Waals surface area contributed by atoms with E-state index in [1.165, 1.54) is 18.3 Å². The van der Waals surface area contributed by atoms with Crippen LogP contribution in [0.25, 0.3) is 34.2 Å². The maximum Gasteiger partial charge on any atom is 2.00 e. The minimum Gasteiger partial charge on any atom is 2.00 e. The average Bonchev–Trinajstić information content (AvgIpc) is 4.11. The van der Waals surface area contributed by atoms with Crippen molar-refractivity contribution < 1.29 is 81.5 Å². The van der Waals surface area contributed by atoms with Gasteiger partial charge in [0.15, 0.2) is 11.5 Å². The van der Waals surface area contributed by atoms with Crippen molar-refractivity contribution in [2.24, 2.45) is 0 Å². The van der Waals surface area contributed by atoms with Crippen molar-refractivity contribution >= 4 is 18.8 Å². The van der Waals surface area contributed by atoms with E-state index in [0.717, 1.165) is 44.8 Å². The molecule has 0 fully saturated rings. The topological polar surface area (TPSA) is 137 Å². The number of alkyl halides is 6. The minimum absolute atomic E-state index is 0. The molecule has 0 radical (unpaired) electrons. The van der Waals surface area contributed by atoms with Crippen molar-refractivity contribution in [2.75, 3.05) is 0 Å². The van der Waals surface area contributed by atoms with Gasteiger partial charge in [0.2, 0.25) is 11.9 Å². The molecule has 25 heteroatoms. The molecule has 0 aliphatic rings. The summed E-state index contributed by atoms with van der Waals surface area (Å²) in [5, 5.41) is 15.4. The number of benzene rings is 1. The molecule has 0 unspecified atom stereocenters. The van der Waals surface area contributed by atoms with Gasteiger partial charge >= 0.3 is 68.7 Å². The Morgan fingerprint density at radius 2 is 1.09 bits per heavy atom. The van der Waals surface area contributed by atoms with Gasteiger partial charge in [-0.1, -0.05) is 65.9 Å². The summed E-state index contributed by atoms with van der Waals surface area (Å²) in [5.74, 6) is -3.58. The third kappa shape index (κ3) is 15.7. The first kappa shape index (κ1) is 62.1. The summed E-state index contributed by atoms with van der Waals surface area (Å²) in [6.07, 6.45) is -5.54. The Labute approximate surface area is 471 Å². The molecule has 9 aromatic rings. The minimum atomic E-state index is -4.60. The Morgan fingerprint density at radius 3 is 1.60 bits per heavy atom. The fourth-order valence-electron chi connectivity index (χ4n) is 7.11. The van der Waals surface area contributed by atoms with Crippen LogP contribution in [0.3, 0.4) is 0 Å². The van der Waals surface area contributed by atoms with Gasteiger partial charge in [0, 0.05) is 28.4 Å². The molecule has 8 heterocycles. The number of rotatable bonds is 8. The fourth-order valence-corrected chi connectivity index (χ4v) is 7.11. The van der Waals surface area contributed by atoms with Gasteiger partial charge < -0.3 is 9.67 Å². The SMILES string of the molecule is Cc1cc(-c2[c-]cc(F)nc2F)nc(C(C)(C)c2cccc(-n3[c-]cc(C(F)(F)F)n3)n2)c1.Cc1cc(-c2ccc(F)nc2F)nc(C(C)(C)c2cccc(-n3ccc(C(F)(F)F)n3)n2)c1.N#Cc1ccccc1.[Cl][Pt][Cl].[Pt+2]. The van der Waals surface area contributed by atoms with Crippen LogP contribution in [0.1, 0.15) is 78.5 Å². The predicted octanol–water partition coefficient (Wildman–Crippen LogP) is 13.8. The Hall–Kier alpha value is -6.71. The zero-order valence-corrected chi connectivity index (χ0v) is 47.3. The number of hydrogen-bond donors (Lipinski definition) is 0. The molecule has 11 nitrogen and oxygen atoms in total. The number of aryl methyl sites for hydroxylation is 2. The molecular weight excluding hydrogens is 1440 g/mol. The zero-order valence-electron chi connectivity index (χ0n) is 41.2. The van der Waals surface area contributed by atoms with E-state index in [4.69, 9.17) is 24.1 Å². The summed E-state index contributed by atoms with van der Waals surface area (Å²) < 4.78 is 134. The Bertz CT molecular complexity index is 3330. The van der Waals surface area contributed by atoms with Crippen LogP contribution in [0, 0.1) is 61.2 Å². The van der Waals surface area contributed by atoms with Crippen molar-refractivity contribution in [3.05, 3.63) is 214 Å². The molecule has 1 aromatic carbocycles. The predicted molar refractivity (Wildman–Crippen MR) is 262 cm³/mol. The van der Waals surface area contributed by atoms with Crippen molar-refractivity contribution in [3.8, 4) is 40.2 Å². The van der Waals surface area contributed by atoms with E-state index in [9.17, 15) is 43.9 Å². The average molecular weight is 1480 g/mol. The normalized spacial score (nSPS) is 11.4. The maximum atomic E-state index is 14.3. The number of aromatic nitrogens is 10. The summed E-state index contributed by atoms with van der Waals surface area (Å²) in [7, 11) is 9.75. The van der Waals surface area contributed by atoms with Crippen LogP contribution in [-0.4, -0.2) is 49.5 Å². The van der Waals surface area contributed by atoms with E-state index in [1.54, 1.807) is 67.6 Å². The van der Waals surface area contributed by atoms with E-state index >= 15 is 0 Å². The van der Waals surface area contributed by atoms with E-state index in [2.05, 4.69) is 52.4 Å². The van der Waals surface area contributed by atoms with Crippen molar-refractivity contribution in [1.82, 2.24) is 49.5 Å². The molecule has 78 heavy (non-hydrogen) atoms. The first-order valence-corrected chi connectivity index (χ1v) is 27.8. The maximum absolute atomic E-state index is 14.3. The van der Waals surface area contributed by atoms with E-state index in [1.807, 2.05) is 65.0 Å². The standard InChI is InChI=1S/C23H18F5N5.C23H16F5N5.C7H5N.2ClH.2Pt/c2*1-13-11-15(14-7-8-19(24)31-21(14)25)29-18(12-13)22(2,3)16-5-4-6-20(30-16)33-10-9-17(32-33)23(26,27)28;8-6-7-4-2-1-3-5-7;;;;/h4-12H,1-3H3;4-6,8-9,11-12H,1-3H3;1-5H;2*1H;;/q;-2;;;;2*+2/p-2. The number of halogens is 12. The van der Waals surface area contributed by atoms with Gasteiger partial charge in [-0.2, -0.15) is 50.5 Å². The van der Waals surface area contributed by atoms with E-state index < -0.39 is 74.8 Å². The van der Waals surface area contributed by atoms with Crippen LogP contribution in [0.15, 0.2) is 128 Å². The third-order valence-corrected chi connectivity index (χ3v) is 11.1. The monoisotopic (exact) mass is 1480 g/mol. The van der Waals surface area contributed by atoms with Crippen LogP contribution < -0.4 is 0 Å².